The number of aryl methyl sites for hydroxylation is 3. The van der Waals surface area contributed by atoms with E-state index in [0.717, 1.165) is 61.9 Å². The third-order valence-electron chi connectivity index (χ3n) is 5.69. The first-order valence-corrected chi connectivity index (χ1v) is 10.7. The number of imidazole rings is 1. The number of aromatic nitrogens is 2. The van der Waals surface area contributed by atoms with Gasteiger partial charge in [-0.1, -0.05) is 31.5 Å². The number of nitrogens with zero attached hydrogens (tertiary/aromatic N) is 4. The number of amides is 1. The molecule has 0 atom stereocenters. The number of piperazine rings is 1. The van der Waals surface area contributed by atoms with E-state index in [1.807, 2.05) is 6.20 Å². The average Bonchev–Trinajstić information content (AvgIpc) is 3.13. The molecule has 2 heterocycles. The molecular weight excluding hydrogens is 362 g/mol. The molecule has 0 spiro atoms. The number of hydrogen-bond acceptors (Lipinski definition) is 4. The summed E-state index contributed by atoms with van der Waals surface area (Å²) in [5.41, 5.74) is 4.44. The Morgan fingerprint density at radius 2 is 1.66 bits per heavy atom. The Kier molecular flexibility index (Phi) is 7.09. The SMILES string of the molecule is Cc1cc(C)c(NC(=O)CN2CCN(CCn3ccnc3C(C)C)CC2)c(C)c1. The van der Waals surface area contributed by atoms with Gasteiger partial charge in [0.1, 0.15) is 5.82 Å². The van der Waals surface area contributed by atoms with Crippen molar-refractivity contribution in [3.05, 3.63) is 47.0 Å². The summed E-state index contributed by atoms with van der Waals surface area (Å²) in [6.07, 6.45) is 3.97. The minimum absolute atomic E-state index is 0.0773. The van der Waals surface area contributed by atoms with Gasteiger partial charge in [0.25, 0.3) is 0 Å². The number of rotatable bonds is 7. The van der Waals surface area contributed by atoms with Crippen LogP contribution in [0.1, 0.15) is 42.3 Å². The van der Waals surface area contributed by atoms with Crippen molar-refractivity contribution in [1.29, 1.82) is 0 Å². The summed E-state index contributed by atoms with van der Waals surface area (Å²) < 4.78 is 2.26. The largest absolute Gasteiger partial charge is 0.333 e. The van der Waals surface area contributed by atoms with Crippen molar-refractivity contribution in [1.82, 2.24) is 19.4 Å². The number of nitrogens with one attached hydrogen (secondary N) is 1. The van der Waals surface area contributed by atoms with Gasteiger partial charge in [0.2, 0.25) is 5.91 Å². The molecule has 1 saturated heterocycles. The van der Waals surface area contributed by atoms with E-state index in [2.05, 4.69) is 77.6 Å². The number of carbonyl (C=O) groups is 1. The highest BCUT2D eigenvalue weighted by molar-refractivity contribution is 5.93. The molecule has 1 N–H and O–H groups in total. The first-order chi connectivity index (χ1) is 13.8. The maximum atomic E-state index is 12.6. The lowest BCUT2D eigenvalue weighted by molar-refractivity contribution is -0.117. The van der Waals surface area contributed by atoms with E-state index in [1.54, 1.807) is 0 Å². The number of benzene rings is 1. The second-order valence-electron chi connectivity index (χ2n) is 8.57. The molecule has 29 heavy (non-hydrogen) atoms. The van der Waals surface area contributed by atoms with Crippen molar-refractivity contribution in [3.63, 3.8) is 0 Å². The predicted molar refractivity (Wildman–Crippen MR) is 118 cm³/mol. The molecule has 1 aromatic heterocycles. The summed E-state index contributed by atoms with van der Waals surface area (Å²) in [7, 11) is 0. The van der Waals surface area contributed by atoms with Gasteiger partial charge in [-0.3, -0.25) is 14.6 Å². The van der Waals surface area contributed by atoms with Crippen LogP contribution in [0.3, 0.4) is 0 Å². The normalized spacial score (nSPS) is 15.8. The summed E-state index contributed by atoms with van der Waals surface area (Å²) in [6.45, 7) is 16.9. The Morgan fingerprint density at radius 1 is 1.03 bits per heavy atom. The van der Waals surface area contributed by atoms with Gasteiger partial charge in [-0.2, -0.15) is 0 Å². The van der Waals surface area contributed by atoms with E-state index in [-0.39, 0.29) is 5.91 Å². The number of anilines is 1. The van der Waals surface area contributed by atoms with E-state index < -0.39 is 0 Å². The van der Waals surface area contributed by atoms with Gasteiger partial charge in [-0.25, -0.2) is 4.98 Å². The fourth-order valence-electron chi connectivity index (χ4n) is 4.19. The first-order valence-electron chi connectivity index (χ1n) is 10.7. The van der Waals surface area contributed by atoms with Gasteiger partial charge in [0, 0.05) is 63.3 Å². The second kappa shape index (κ2) is 9.55. The van der Waals surface area contributed by atoms with Crippen LogP contribution in [-0.4, -0.2) is 64.5 Å². The molecule has 3 rings (SSSR count). The topological polar surface area (TPSA) is 53.4 Å². The zero-order valence-corrected chi connectivity index (χ0v) is 18.5. The van der Waals surface area contributed by atoms with Gasteiger partial charge in [-0.05, 0) is 31.9 Å². The molecule has 1 aliphatic rings. The Hall–Kier alpha value is -2.18. The molecule has 6 nitrogen and oxygen atoms in total. The van der Waals surface area contributed by atoms with Gasteiger partial charge in [-0.15, -0.1) is 0 Å². The van der Waals surface area contributed by atoms with Crippen molar-refractivity contribution in [3.8, 4) is 0 Å². The molecule has 1 amide bonds. The molecule has 0 aliphatic carbocycles. The molecule has 0 bridgehead atoms. The highest BCUT2D eigenvalue weighted by Crippen LogP contribution is 2.22. The monoisotopic (exact) mass is 397 g/mol. The summed E-state index contributed by atoms with van der Waals surface area (Å²) in [5.74, 6) is 1.68. The van der Waals surface area contributed by atoms with Gasteiger partial charge < -0.3 is 9.88 Å². The summed E-state index contributed by atoms with van der Waals surface area (Å²) in [6, 6.07) is 4.23. The lowest BCUT2D eigenvalue weighted by Gasteiger charge is -2.34. The molecule has 6 heteroatoms. The molecule has 1 fully saturated rings. The predicted octanol–water partition coefficient (Wildman–Crippen LogP) is 3.19. The van der Waals surface area contributed by atoms with Crippen molar-refractivity contribution < 1.29 is 4.79 Å². The van der Waals surface area contributed by atoms with E-state index in [0.29, 0.717) is 12.5 Å². The van der Waals surface area contributed by atoms with E-state index in [9.17, 15) is 4.79 Å². The average molecular weight is 398 g/mol. The third kappa shape index (κ3) is 5.67. The number of hydrogen-bond donors (Lipinski definition) is 1. The van der Waals surface area contributed by atoms with Crippen molar-refractivity contribution in [2.45, 2.75) is 47.1 Å². The summed E-state index contributed by atoms with van der Waals surface area (Å²) in [4.78, 5) is 21.8. The highest BCUT2D eigenvalue weighted by atomic mass is 16.2. The van der Waals surface area contributed by atoms with Gasteiger partial charge in [0.05, 0.1) is 6.54 Å². The van der Waals surface area contributed by atoms with Crippen LogP contribution in [0, 0.1) is 20.8 Å². The van der Waals surface area contributed by atoms with Crippen molar-refractivity contribution >= 4 is 11.6 Å². The molecule has 0 radical (unpaired) electrons. The molecule has 1 aromatic carbocycles. The lowest BCUT2D eigenvalue weighted by Crippen LogP contribution is -2.49. The van der Waals surface area contributed by atoms with Crippen LogP contribution in [0.5, 0.6) is 0 Å². The van der Waals surface area contributed by atoms with E-state index in [4.69, 9.17) is 0 Å². The van der Waals surface area contributed by atoms with Crippen LogP contribution in [-0.2, 0) is 11.3 Å². The van der Waals surface area contributed by atoms with Crippen LogP contribution in [0.2, 0.25) is 0 Å². The molecule has 1 aliphatic heterocycles. The van der Waals surface area contributed by atoms with Crippen LogP contribution >= 0.6 is 0 Å². The van der Waals surface area contributed by atoms with E-state index in [1.165, 1.54) is 5.56 Å². The van der Waals surface area contributed by atoms with Crippen LogP contribution in [0.25, 0.3) is 0 Å². The van der Waals surface area contributed by atoms with Gasteiger partial charge in [0.15, 0.2) is 0 Å². The van der Waals surface area contributed by atoms with E-state index >= 15 is 0 Å². The Balaban J connectivity index is 1.44. The Morgan fingerprint density at radius 3 is 2.28 bits per heavy atom. The molecule has 0 saturated carbocycles. The maximum Gasteiger partial charge on any atom is 0.238 e. The minimum Gasteiger partial charge on any atom is -0.333 e. The Bertz CT molecular complexity index is 811. The zero-order chi connectivity index (χ0) is 21.0. The summed E-state index contributed by atoms with van der Waals surface area (Å²) >= 11 is 0. The van der Waals surface area contributed by atoms with Crippen molar-refractivity contribution in [2.75, 3.05) is 44.6 Å². The molecule has 158 valence electrons. The third-order valence-corrected chi connectivity index (χ3v) is 5.69. The fraction of sp³-hybridized carbons (Fsp3) is 0.565. The zero-order valence-electron chi connectivity index (χ0n) is 18.5. The minimum atomic E-state index is 0.0773. The van der Waals surface area contributed by atoms with Gasteiger partial charge >= 0.3 is 0 Å². The van der Waals surface area contributed by atoms with Crippen molar-refractivity contribution in [2.24, 2.45) is 0 Å². The first kappa shape index (κ1) is 21.5. The van der Waals surface area contributed by atoms with Crippen LogP contribution in [0.15, 0.2) is 24.5 Å². The standard InChI is InChI=1S/C23H35N5O/c1-17(2)23-24-6-7-28(23)13-12-26-8-10-27(11-9-26)16-21(29)25-22-19(4)14-18(3)15-20(22)5/h6-7,14-15,17H,8-13,16H2,1-5H3,(H,25,29). The lowest BCUT2D eigenvalue weighted by atomic mass is 10.1. The quantitative estimate of drug-likeness (QED) is 0.780. The smallest absolute Gasteiger partial charge is 0.238 e. The number of carbonyl (C=O) groups excluding carboxylic acids is 1. The second-order valence-corrected chi connectivity index (χ2v) is 8.57. The maximum absolute atomic E-state index is 12.6. The fourth-order valence-corrected chi connectivity index (χ4v) is 4.19. The van der Waals surface area contributed by atoms with Crippen LogP contribution in [0.4, 0.5) is 5.69 Å². The molecular formula is C23H35N5O. The highest BCUT2D eigenvalue weighted by Gasteiger charge is 2.20. The molecule has 2 aromatic rings. The van der Waals surface area contributed by atoms with Crippen LogP contribution < -0.4 is 5.32 Å². The summed E-state index contributed by atoms with van der Waals surface area (Å²) in [5, 5.41) is 3.12. The molecule has 0 unspecified atom stereocenters. The Labute approximate surface area is 174 Å².